The molecule has 0 unspecified atom stereocenters. The third-order valence-electron chi connectivity index (χ3n) is 2.16. The highest BCUT2D eigenvalue weighted by molar-refractivity contribution is 5.79. The van der Waals surface area contributed by atoms with Crippen LogP contribution in [0.3, 0.4) is 0 Å². The van der Waals surface area contributed by atoms with Crippen molar-refractivity contribution in [3.8, 4) is 0 Å². The lowest BCUT2D eigenvalue weighted by Crippen LogP contribution is -2.08. The summed E-state index contributed by atoms with van der Waals surface area (Å²) in [5.74, 6) is 0. The number of aromatic nitrogens is 1. The van der Waals surface area contributed by atoms with Gasteiger partial charge >= 0.3 is 0 Å². The van der Waals surface area contributed by atoms with Crippen LogP contribution >= 0.6 is 0 Å². The standard InChI is InChI=1S/C11H13N3/c1-9-3-4-11(12-7-9)10-5-6-13-14(2)8-10/h3-4,6-8H,5H2,1-2H3. The first kappa shape index (κ1) is 8.94. The molecule has 72 valence electrons. The van der Waals surface area contributed by atoms with Crippen molar-refractivity contribution in [2.45, 2.75) is 13.3 Å². The number of hydrazone groups is 1. The lowest BCUT2D eigenvalue weighted by Gasteiger charge is -2.15. The van der Waals surface area contributed by atoms with Crippen molar-refractivity contribution < 1.29 is 0 Å². The largest absolute Gasteiger partial charge is 0.276 e. The number of hydrogen-bond acceptors (Lipinski definition) is 3. The van der Waals surface area contributed by atoms with E-state index in [0.717, 1.165) is 12.1 Å². The van der Waals surface area contributed by atoms with E-state index in [-0.39, 0.29) is 0 Å². The number of allylic oxidation sites excluding steroid dienone is 1. The molecule has 0 bridgehead atoms. The van der Waals surface area contributed by atoms with Crippen molar-refractivity contribution in [1.29, 1.82) is 0 Å². The van der Waals surface area contributed by atoms with E-state index in [1.165, 1.54) is 11.1 Å². The van der Waals surface area contributed by atoms with Crippen LogP contribution in [0.4, 0.5) is 0 Å². The van der Waals surface area contributed by atoms with Gasteiger partial charge in [-0.2, -0.15) is 5.10 Å². The van der Waals surface area contributed by atoms with E-state index < -0.39 is 0 Å². The smallest absolute Gasteiger partial charge is 0.0680 e. The summed E-state index contributed by atoms with van der Waals surface area (Å²) in [6.45, 7) is 2.04. The Morgan fingerprint density at radius 3 is 2.86 bits per heavy atom. The van der Waals surface area contributed by atoms with Gasteiger partial charge in [0.15, 0.2) is 0 Å². The summed E-state index contributed by atoms with van der Waals surface area (Å²) in [5, 5.41) is 5.93. The molecule has 2 rings (SSSR count). The van der Waals surface area contributed by atoms with Crippen molar-refractivity contribution >= 4 is 11.8 Å². The minimum atomic E-state index is 0.862. The van der Waals surface area contributed by atoms with E-state index in [4.69, 9.17) is 0 Å². The highest BCUT2D eigenvalue weighted by atomic mass is 15.4. The molecule has 1 aliphatic heterocycles. The normalized spacial score (nSPS) is 15.6. The molecule has 0 aliphatic carbocycles. The highest BCUT2D eigenvalue weighted by Crippen LogP contribution is 2.18. The molecule has 0 spiro atoms. The first-order valence-corrected chi connectivity index (χ1v) is 4.65. The van der Waals surface area contributed by atoms with Gasteiger partial charge in [-0.1, -0.05) is 6.07 Å². The van der Waals surface area contributed by atoms with Gasteiger partial charge in [0.1, 0.15) is 0 Å². The summed E-state index contributed by atoms with van der Waals surface area (Å²) in [5.41, 5.74) is 3.43. The Morgan fingerprint density at radius 2 is 2.21 bits per heavy atom. The van der Waals surface area contributed by atoms with Crippen LogP contribution in [0.15, 0.2) is 29.6 Å². The lowest BCUT2D eigenvalue weighted by molar-refractivity contribution is 0.488. The molecule has 3 nitrogen and oxygen atoms in total. The molecule has 0 atom stereocenters. The third kappa shape index (κ3) is 1.82. The molecule has 0 fully saturated rings. The third-order valence-corrected chi connectivity index (χ3v) is 2.16. The van der Waals surface area contributed by atoms with Crippen LogP contribution in [-0.2, 0) is 0 Å². The van der Waals surface area contributed by atoms with Crippen LogP contribution in [-0.4, -0.2) is 23.3 Å². The number of hydrogen-bond donors (Lipinski definition) is 0. The van der Waals surface area contributed by atoms with Crippen molar-refractivity contribution in [1.82, 2.24) is 9.99 Å². The van der Waals surface area contributed by atoms with E-state index in [1.807, 2.05) is 38.6 Å². The topological polar surface area (TPSA) is 28.5 Å². The predicted octanol–water partition coefficient (Wildman–Crippen LogP) is 2.05. The van der Waals surface area contributed by atoms with Crippen molar-refractivity contribution in [2.75, 3.05) is 7.05 Å². The fourth-order valence-corrected chi connectivity index (χ4v) is 1.41. The zero-order chi connectivity index (χ0) is 9.97. The molecule has 2 heterocycles. The minimum Gasteiger partial charge on any atom is -0.276 e. The van der Waals surface area contributed by atoms with Gasteiger partial charge in [0, 0.05) is 37.7 Å². The SMILES string of the molecule is Cc1ccc(C2=CN(C)N=CC2)nc1. The molecule has 1 aromatic rings. The van der Waals surface area contributed by atoms with Gasteiger partial charge in [0.05, 0.1) is 5.69 Å². The Balaban J connectivity index is 2.27. The molecule has 0 aromatic carbocycles. The number of pyridine rings is 1. The van der Waals surface area contributed by atoms with Crippen molar-refractivity contribution in [2.24, 2.45) is 5.10 Å². The minimum absolute atomic E-state index is 0.862. The Morgan fingerprint density at radius 1 is 1.36 bits per heavy atom. The average molecular weight is 187 g/mol. The van der Waals surface area contributed by atoms with E-state index in [1.54, 1.807) is 5.01 Å². The zero-order valence-electron chi connectivity index (χ0n) is 8.44. The summed E-state index contributed by atoms with van der Waals surface area (Å²) in [6.07, 6.45) is 6.66. The van der Waals surface area contributed by atoms with Crippen LogP contribution in [0.1, 0.15) is 17.7 Å². The Bertz CT molecular complexity index is 376. The maximum absolute atomic E-state index is 4.38. The van der Waals surface area contributed by atoms with Crippen LogP contribution in [0.5, 0.6) is 0 Å². The molecular formula is C11H13N3. The Labute approximate surface area is 83.8 Å². The van der Waals surface area contributed by atoms with Gasteiger partial charge in [-0.25, -0.2) is 0 Å². The molecule has 0 amide bonds. The second-order valence-corrected chi connectivity index (χ2v) is 3.45. The van der Waals surface area contributed by atoms with Gasteiger partial charge in [0.25, 0.3) is 0 Å². The second-order valence-electron chi connectivity index (χ2n) is 3.45. The van der Waals surface area contributed by atoms with Gasteiger partial charge in [-0.15, -0.1) is 0 Å². The van der Waals surface area contributed by atoms with Gasteiger partial charge < -0.3 is 0 Å². The zero-order valence-corrected chi connectivity index (χ0v) is 8.44. The summed E-state index contributed by atoms with van der Waals surface area (Å²) in [4.78, 5) is 4.38. The molecule has 14 heavy (non-hydrogen) atoms. The summed E-state index contributed by atoms with van der Waals surface area (Å²) in [7, 11) is 1.92. The Kier molecular flexibility index (Phi) is 2.31. The fourth-order valence-electron chi connectivity index (χ4n) is 1.41. The summed E-state index contributed by atoms with van der Waals surface area (Å²) in [6, 6.07) is 4.13. The maximum Gasteiger partial charge on any atom is 0.0680 e. The quantitative estimate of drug-likeness (QED) is 0.673. The lowest BCUT2D eigenvalue weighted by atomic mass is 10.1. The molecule has 3 heteroatoms. The monoisotopic (exact) mass is 187 g/mol. The summed E-state index contributed by atoms with van der Waals surface area (Å²) < 4.78 is 0. The maximum atomic E-state index is 4.38. The molecule has 1 aliphatic rings. The molecule has 0 radical (unpaired) electrons. The molecular weight excluding hydrogens is 174 g/mol. The molecule has 0 saturated heterocycles. The number of aryl methyl sites for hydroxylation is 1. The predicted molar refractivity (Wildman–Crippen MR) is 57.8 cm³/mol. The van der Waals surface area contributed by atoms with E-state index in [9.17, 15) is 0 Å². The van der Waals surface area contributed by atoms with Gasteiger partial charge in [0.2, 0.25) is 0 Å². The van der Waals surface area contributed by atoms with Crippen LogP contribution in [0.25, 0.3) is 5.57 Å². The molecule has 1 aromatic heterocycles. The van der Waals surface area contributed by atoms with Crippen LogP contribution in [0, 0.1) is 6.92 Å². The van der Waals surface area contributed by atoms with Crippen LogP contribution in [0.2, 0.25) is 0 Å². The van der Waals surface area contributed by atoms with E-state index in [2.05, 4.69) is 16.2 Å². The Hall–Kier alpha value is -1.64. The highest BCUT2D eigenvalue weighted by Gasteiger charge is 2.06. The van der Waals surface area contributed by atoms with Crippen molar-refractivity contribution in [3.63, 3.8) is 0 Å². The molecule has 0 saturated carbocycles. The first-order valence-electron chi connectivity index (χ1n) is 4.65. The molecule has 0 N–H and O–H groups in total. The second kappa shape index (κ2) is 3.62. The average Bonchev–Trinajstić information content (AvgIpc) is 2.19. The van der Waals surface area contributed by atoms with Gasteiger partial charge in [-0.05, 0) is 18.6 Å². The van der Waals surface area contributed by atoms with Crippen LogP contribution < -0.4 is 0 Å². The number of nitrogens with zero attached hydrogens (tertiary/aromatic N) is 3. The van der Waals surface area contributed by atoms with Crippen molar-refractivity contribution in [3.05, 3.63) is 35.8 Å². The first-order chi connectivity index (χ1) is 6.75. The van der Waals surface area contributed by atoms with Gasteiger partial charge in [-0.3, -0.25) is 9.99 Å². The fraction of sp³-hybridized carbons (Fsp3) is 0.273. The summed E-state index contributed by atoms with van der Waals surface area (Å²) >= 11 is 0. The van der Waals surface area contributed by atoms with E-state index >= 15 is 0 Å². The van der Waals surface area contributed by atoms with E-state index in [0.29, 0.717) is 0 Å². The number of rotatable bonds is 1.